The van der Waals surface area contributed by atoms with Crippen LogP contribution < -0.4 is 5.32 Å². The van der Waals surface area contributed by atoms with Gasteiger partial charge in [0, 0.05) is 20.3 Å². The van der Waals surface area contributed by atoms with Crippen molar-refractivity contribution in [1.29, 1.82) is 0 Å². The summed E-state index contributed by atoms with van der Waals surface area (Å²) in [6.45, 7) is 7.95. The van der Waals surface area contributed by atoms with Crippen molar-refractivity contribution in [3.8, 4) is 0 Å². The van der Waals surface area contributed by atoms with Gasteiger partial charge in [-0.3, -0.25) is 0 Å². The minimum absolute atomic E-state index is 0.410. The SMILES string of the molecule is CCOC(CC)(CC)c1noc(NCCOC)n1. The van der Waals surface area contributed by atoms with Gasteiger partial charge in [-0.2, -0.15) is 4.98 Å². The average Bonchev–Trinajstić information content (AvgIpc) is 2.86. The fraction of sp³-hybridized carbons (Fsp3) is 0.833. The summed E-state index contributed by atoms with van der Waals surface area (Å²) in [6, 6.07) is 0.410. The summed E-state index contributed by atoms with van der Waals surface area (Å²) >= 11 is 0. The predicted molar refractivity (Wildman–Crippen MR) is 68.5 cm³/mol. The number of hydrogen-bond acceptors (Lipinski definition) is 6. The molecule has 1 N–H and O–H groups in total. The Morgan fingerprint density at radius 2 is 2.00 bits per heavy atom. The number of anilines is 1. The molecular weight excluding hydrogens is 234 g/mol. The van der Waals surface area contributed by atoms with E-state index in [0.717, 1.165) is 12.8 Å². The standard InChI is InChI=1S/C12H23N3O3/c1-5-12(6-2,17-7-3)10-14-11(18-15-10)13-8-9-16-4/h5-9H2,1-4H3,(H,13,14,15). The van der Waals surface area contributed by atoms with Gasteiger partial charge in [-0.05, 0) is 19.8 Å². The van der Waals surface area contributed by atoms with E-state index >= 15 is 0 Å². The number of nitrogens with one attached hydrogen (secondary N) is 1. The third kappa shape index (κ3) is 3.43. The number of nitrogens with zero attached hydrogens (tertiary/aromatic N) is 2. The predicted octanol–water partition coefficient (Wildman–Crippen LogP) is 2.18. The quantitative estimate of drug-likeness (QED) is 0.684. The van der Waals surface area contributed by atoms with Crippen molar-refractivity contribution in [1.82, 2.24) is 10.1 Å². The van der Waals surface area contributed by atoms with Gasteiger partial charge in [-0.1, -0.05) is 19.0 Å². The van der Waals surface area contributed by atoms with E-state index in [-0.39, 0.29) is 0 Å². The lowest BCUT2D eigenvalue weighted by molar-refractivity contribution is -0.0583. The molecule has 1 rings (SSSR count). The maximum absolute atomic E-state index is 5.82. The second-order valence-electron chi connectivity index (χ2n) is 3.98. The molecule has 0 aliphatic rings. The van der Waals surface area contributed by atoms with Gasteiger partial charge >= 0.3 is 6.01 Å². The van der Waals surface area contributed by atoms with Crippen LogP contribution in [0.15, 0.2) is 4.52 Å². The highest BCUT2D eigenvalue weighted by molar-refractivity contribution is 5.20. The second kappa shape index (κ2) is 7.33. The molecule has 0 atom stereocenters. The molecule has 0 aliphatic carbocycles. The monoisotopic (exact) mass is 257 g/mol. The number of methoxy groups -OCH3 is 1. The van der Waals surface area contributed by atoms with Crippen molar-refractivity contribution in [3.05, 3.63) is 5.82 Å². The molecule has 1 heterocycles. The van der Waals surface area contributed by atoms with Gasteiger partial charge in [0.2, 0.25) is 5.82 Å². The molecule has 0 aromatic carbocycles. The Labute approximate surface area is 108 Å². The summed E-state index contributed by atoms with van der Waals surface area (Å²) in [5.41, 5.74) is -0.445. The first-order chi connectivity index (χ1) is 8.72. The number of aromatic nitrogens is 2. The fourth-order valence-corrected chi connectivity index (χ4v) is 1.85. The van der Waals surface area contributed by atoms with E-state index in [0.29, 0.717) is 31.6 Å². The lowest BCUT2D eigenvalue weighted by Gasteiger charge is -2.27. The van der Waals surface area contributed by atoms with Crippen LogP contribution in [0, 0.1) is 0 Å². The highest BCUT2D eigenvalue weighted by Crippen LogP contribution is 2.31. The largest absolute Gasteiger partial charge is 0.383 e. The molecule has 0 amide bonds. The molecule has 0 saturated heterocycles. The maximum Gasteiger partial charge on any atom is 0.321 e. The molecule has 0 bridgehead atoms. The van der Waals surface area contributed by atoms with Gasteiger partial charge in [0.25, 0.3) is 0 Å². The van der Waals surface area contributed by atoms with Crippen molar-refractivity contribution in [3.63, 3.8) is 0 Å². The summed E-state index contributed by atoms with van der Waals surface area (Å²) in [6.07, 6.45) is 1.63. The smallest absolute Gasteiger partial charge is 0.321 e. The molecule has 18 heavy (non-hydrogen) atoms. The molecular formula is C12H23N3O3. The number of rotatable bonds is 9. The summed E-state index contributed by atoms with van der Waals surface area (Å²) in [4.78, 5) is 4.35. The molecule has 0 radical (unpaired) electrons. The van der Waals surface area contributed by atoms with Crippen LogP contribution in [0.5, 0.6) is 0 Å². The average molecular weight is 257 g/mol. The lowest BCUT2D eigenvalue weighted by Crippen LogP contribution is -2.29. The molecule has 104 valence electrons. The number of ether oxygens (including phenoxy) is 2. The molecule has 1 aromatic heterocycles. The Bertz CT molecular complexity index is 337. The van der Waals surface area contributed by atoms with Gasteiger partial charge in [-0.15, -0.1) is 0 Å². The van der Waals surface area contributed by atoms with Gasteiger partial charge in [0.1, 0.15) is 5.60 Å². The van der Waals surface area contributed by atoms with Gasteiger partial charge in [0.05, 0.1) is 6.61 Å². The van der Waals surface area contributed by atoms with Crippen LogP contribution >= 0.6 is 0 Å². The number of hydrogen-bond donors (Lipinski definition) is 1. The minimum atomic E-state index is -0.445. The normalized spacial score (nSPS) is 11.8. The van der Waals surface area contributed by atoms with Crippen molar-refractivity contribution in [2.75, 3.05) is 32.2 Å². The molecule has 0 unspecified atom stereocenters. The van der Waals surface area contributed by atoms with Crippen molar-refractivity contribution >= 4 is 6.01 Å². The Morgan fingerprint density at radius 1 is 1.28 bits per heavy atom. The minimum Gasteiger partial charge on any atom is -0.383 e. The first kappa shape index (κ1) is 14.9. The third-order valence-corrected chi connectivity index (χ3v) is 2.98. The molecule has 6 heteroatoms. The lowest BCUT2D eigenvalue weighted by atomic mass is 9.96. The van der Waals surface area contributed by atoms with E-state index < -0.39 is 5.60 Å². The van der Waals surface area contributed by atoms with Crippen LogP contribution in [0.1, 0.15) is 39.4 Å². The zero-order valence-corrected chi connectivity index (χ0v) is 11.7. The van der Waals surface area contributed by atoms with Crippen LogP contribution in [0.3, 0.4) is 0 Å². The molecule has 0 saturated carbocycles. The summed E-state index contributed by atoms with van der Waals surface area (Å²) in [5, 5.41) is 7.02. The van der Waals surface area contributed by atoms with Gasteiger partial charge in [0.15, 0.2) is 0 Å². The second-order valence-corrected chi connectivity index (χ2v) is 3.98. The molecule has 0 spiro atoms. The molecule has 6 nitrogen and oxygen atoms in total. The van der Waals surface area contributed by atoms with E-state index in [1.165, 1.54) is 0 Å². The summed E-state index contributed by atoms with van der Waals surface area (Å²) < 4.78 is 15.9. The summed E-state index contributed by atoms with van der Waals surface area (Å²) in [7, 11) is 1.65. The van der Waals surface area contributed by atoms with E-state index in [2.05, 4.69) is 29.3 Å². The van der Waals surface area contributed by atoms with Crippen LogP contribution in [-0.2, 0) is 15.1 Å². The van der Waals surface area contributed by atoms with Crippen LogP contribution in [-0.4, -0.2) is 37.0 Å². The van der Waals surface area contributed by atoms with E-state index in [1.54, 1.807) is 7.11 Å². The Morgan fingerprint density at radius 3 is 2.56 bits per heavy atom. The Kier molecular flexibility index (Phi) is 6.07. The zero-order chi connectivity index (χ0) is 13.4. The van der Waals surface area contributed by atoms with Crippen LogP contribution in [0.4, 0.5) is 6.01 Å². The Balaban J connectivity index is 2.74. The maximum atomic E-state index is 5.82. The van der Waals surface area contributed by atoms with Crippen molar-refractivity contribution < 1.29 is 14.0 Å². The fourth-order valence-electron chi connectivity index (χ4n) is 1.85. The van der Waals surface area contributed by atoms with Crippen molar-refractivity contribution in [2.24, 2.45) is 0 Å². The highest BCUT2D eigenvalue weighted by Gasteiger charge is 2.34. The van der Waals surface area contributed by atoms with Crippen molar-refractivity contribution in [2.45, 2.75) is 39.2 Å². The van der Waals surface area contributed by atoms with E-state index in [4.69, 9.17) is 14.0 Å². The zero-order valence-electron chi connectivity index (χ0n) is 11.7. The summed E-state index contributed by atoms with van der Waals surface area (Å²) in [5.74, 6) is 0.606. The molecule has 1 aromatic rings. The Hall–Kier alpha value is -1.14. The highest BCUT2D eigenvalue weighted by atomic mass is 16.5. The third-order valence-electron chi connectivity index (χ3n) is 2.98. The van der Waals surface area contributed by atoms with Crippen LogP contribution in [0.2, 0.25) is 0 Å². The topological polar surface area (TPSA) is 69.4 Å². The van der Waals surface area contributed by atoms with Crippen LogP contribution in [0.25, 0.3) is 0 Å². The first-order valence-electron chi connectivity index (χ1n) is 6.43. The van der Waals surface area contributed by atoms with Gasteiger partial charge < -0.3 is 19.3 Å². The molecule has 0 aliphatic heterocycles. The van der Waals surface area contributed by atoms with Gasteiger partial charge in [-0.25, -0.2) is 0 Å². The van der Waals surface area contributed by atoms with E-state index in [9.17, 15) is 0 Å². The first-order valence-corrected chi connectivity index (χ1v) is 6.43. The van der Waals surface area contributed by atoms with E-state index in [1.807, 2.05) is 6.92 Å². The molecule has 0 fully saturated rings.